The molecule has 18 heavy (non-hydrogen) atoms. The van der Waals surface area contributed by atoms with Crippen LogP contribution in [-0.4, -0.2) is 11.5 Å². The number of oxazole rings is 1. The van der Waals surface area contributed by atoms with E-state index in [2.05, 4.69) is 4.98 Å². The Balaban J connectivity index is 2.32. The van der Waals surface area contributed by atoms with Crippen LogP contribution in [0.15, 0.2) is 34.9 Å². The van der Waals surface area contributed by atoms with Gasteiger partial charge in [0.05, 0.1) is 5.56 Å². The van der Waals surface area contributed by atoms with E-state index in [0.29, 0.717) is 30.1 Å². The van der Waals surface area contributed by atoms with Crippen LogP contribution in [0.25, 0.3) is 11.3 Å². The molecule has 1 heterocycles. The van der Waals surface area contributed by atoms with Crippen molar-refractivity contribution in [1.29, 1.82) is 0 Å². The molecule has 0 saturated carbocycles. The Morgan fingerprint density at radius 2 is 2.06 bits per heavy atom. The molecule has 2 rings (SSSR count). The van der Waals surface area contributed by atoms with E-state index in [1.165, 1.54) is 12.3 Å². The molecule has 3 nitrogen and oxygen atoms in total. The molecular formula is C12H11F3N2O. The molecule has 0 bridgehead atoms. The molecule has 0 aliphatic heterocycles. The number of benzene rings is 1. The van der Waals surface area contributed by atoms with Crippen molar-refractivity contribution in [2.45, 2.75) is 12.6 Å². The third kappa shape index (κ3) is 2.70. The zero-order valence-corrected chi connectivity index (χ0v) is 9.37. The van der Waals surface area contributed by atoms with E-state index in [4.69, 9.17) is 10.2 Å². The molecule has 0 aliphatic carbocycles. The first-order chi connectivity index (χ1) is 8.50. The summed E-state index contributed by atoms with van der Waals surface area (Å²) in [6.45, 7) is 0.378. The minimum Gasteiger partial charge on any atom is -0.448 e. The Kier molecular flexibility index (Phi) is 3.38. The van der Waals surface area contributed by atoms with Gasteiger partial charge in [-0.15, -0.1) is 0 Å². The van der Waals surface area contributed by atoms with E-state index in [0.717, 1.165) is 12.1 Å². The van der Waals surface area contributed by atoms with Crippen LogP contribution < -0.4 is 5.73 Å². The Morgan fingerprint density at radius 1 is 1.28 bits per heavy atom. The van der Waals surface area contributed by atoms with Gasteiger partial charge < -0.3 is 10.2 Å². The lowest BCUT2D eigenvalue weighted by Crippen LogP contribution is -2.04. The fourth-order valence-corrected chi connectivity index (χ4v) is 1.54. The van der Waals surface area contributed by atoms with Crippen molar-refractivity contribution in [3.8, 4) is 11.3 Å². The predicted molar refractivity (Wildman–Crippen MR) is 59.7 cm³/mol. The molecule has 0 spiro atoms. The van der Waals surface area contributed by atoms with Crippen LogP contribution >= 0.6 is 0 Å². The lowest BCUT2D eigenvalue weighted by molar-refractivity contribution is -0.137. The number of hydrogen-bond donors (Lipinski definition) is 1. The zero-order chi connectivity index (χ0) is 13.2. The van der Waals surface area contributed by atoms with E-state index in [1.807, 2.05) is 0 Å². The van der Waals surface area contributed by atoms with E-state index in [1.54, 1.807) is 6.07 Å². The van der Waals surface area contributed by atoms with Crippen LogP contribution in [0.2, 0.25) is 0 Å². The van der Waals surface area contributed by atoms with Gasteiger partial charge in [0, 0.05) is 18.5 Å². The Labute approximate surface area is 101 Å². The fourth-order valence-electron chi connectivity index (χ4n) is 1.54. The van der Waals surface area contributed by atoms with Gasteiger partial charge in [0.2, 0.25) is 0 Å². The van der Waals surface area contributed by atoms with Crippen molar-refractivity contribution in [2.24, 2.45) is 5.73 Å². The number of alkyl halides is 3. The highest BCUT2D eigenvalue weighted by molar-refractivity contribution is 5.59. The van der Waals surface area contributed by atoms with E-state index in [-0.39, 0.29) is 0 Å². The van der Waals surface area contributed by atoms with Crippen LogP contribution in [0.5, 0.6) is 0 Å². The molecular weight excluding hydrogens is 245 g/mol. The number of rotatable bonds is 3. The summed E-state index contributed by atoms with van der Waals surface area (Å²) in [5, 5.41) is 0. The van der Waals surface area contributed by atoms with Crippen LogP contribution in [0.1, 0.15) is 11.5 Å². The lowest BCUT2D eigenvalue weighted by Gasteiger charge is -2.06. The number of aromatic nitrogens is 1. The first-order valence-corrected chi connectivity index (χ1v) is 5.33. The van der Waals surface area contributed by atoms with Gasteiger partial charge in [0.1, 0.15) is 12.0 Å². The maximum absolute atomic E-state index is 12.5. The smallest absolute Gasteiger partial charge is 0.416 e. The largest absolute Gasteiger partial charge is 0.448 e. The van der Waals surface area contributed by atoms with Crippen molar-refractivity contribution >= 4 is 0 Å². The SMILES string of the molecule is NCCc1nc(-c2cccc(C(F)(F)F)c2)co1. The van der Waals surface area contributed by atoms with Crippen LogP contribution in [0.4, 0.5) is 13.2 Å². The summed E-state index contributed by atoms with van der Waals surface area (Å²) in [4.78, 5) is 4.08. The number of nitrogens with two attached hydrogens (primary N) is 1. The second-order valence-corrected chi connectivity index (χ2v) is 3.74. The number of halogens is 3. The average Bonchev–Trinajstić information content (AvgIpc) is 2.77. The minimum atomic E-state index is -4.36. The highest BCUT2D eigenvalue weighted by Gasteiger charge is 2.30. The van der Waals surface area contributed by atoms with Gasteiger partial charge in [-0.05, 0) is 12.1 Å². The minimum absolute atomic E-state index is 0.372. The molecule has 96 valence electrons. The van der Waals surface area contributed by atoms with Crippen LogP contribution in [-0.2, 0) is 12.6 Å². The Morgan fingerprint density at radius 3 is 2.72 bits per heavy atom. The summed E-state index contributed by atoms with van der Waals surface area (Å²) in [5.74, 6) is 0.421. The summed E-state index contributed by atoms with van der Waals surface area (Å²) in [5.41, 5.74) is 5.39. The summed E-state index contributed by atoms with van der Waals surface area (Å²) >= 11 is 0. The lowest BCUT2D eigenvalue weighted by atomic mass is 10.1. The van der Waals surface area contributed by atoms with E-state index >= 15 is 0 Å². The summed E-state index contributed by atoms with van der Waals surface area (Å²) in [7, 11) is 0. The molecule has 0 saturated heterocycles. The van der Waals surface area contributed by atoms with Gasteiger partial charge in [0.25, 0.3) is 0 Å². The van der Waals surface area contributed by atoms with Gasteiger partial charge in [-0.25, -0.2) is 4.98 Å². The van der Waals surface area contributed by atoms with Gasteiger partial charge in [-0.2, -0.15) is 13.2 Å². The molecule has 0 unspecified atom stereocenters. The third-order valence-corrected chi connectivity index (χ3v) is 2.40. The quantitative estimate of drug-likeness (QED) is 0.918. The van der Waals surface area contributed by atoms with Crippen molar-refractivity contribution < 1.29 is 17.6 Å². The first-order valence-electron chi connectivity index (χ1n) is 5.33. The van der Waals surface area contributed by atoms with Crippen molar-refractivity contribution in [3.63, 3.8) is 0 Å². The zero-order valence-electron chi connectivity index (χ0n) is 9.37. The highest BCUT2D eigenvalue weighted by Crippen LogP contribution is 2.31. The summed E-state index contributed by atoms with van der Waals surface area (Å²) < 4.78 is 42.8. The molecule has 0 fully saturated rings. The number of hydrogen-bond acceptors (Lipinski definition) is 3. The monoisotopic (exact) mass is 256 g/mol. The number of nitrogens with zero attached hydrogens (tertiary/aromatic N) is 1. The molecule has 2 N–H and O–H groups in total. The fraction of sp³-hybridized carbons (Fsp3) is 0.250. The summed E-state index contributed by atoms with van der Waals surface area (Å²) in [6, 6.07) is 4.96. The normalized spacial score (nSPS) is 11.8. The second-order valence-electron chi connectivity index (χ2n) is 3.74. The van der Waals surface area contributed by atoms with Gasteiger partial charge in [-0.1, -0.05) is 12.1 Å². The maximum atomic E-state index is 12.5. The third-order valence-electron chi connectivity index (χ3n) is 2.40. The molecule has 2 aromatic rings. The highest BCUT2D eigenvalue weighted by atomic mass is 19.4. The molecule has 1 aromatic heterocycles. The molecule has 0 radical (unpaired) electrons. The van der Waals surface area contributed by atoms with Crippen molar-refractivity contribution in [2.75, 3.05) is 6.54 Å². The Hall–Kier alpha value is -1.82. The Bertz CT molecular complexity index is 534. The van der Waals surface area contributed by atoms with E-state index < -0.39 is 11.7 Å². The topological polar surface area (TPSA) is 52.0 Å². The average molecular weight is 256 g/mol. The predicted octanol–water partition coefficient (Wildman–Crippen LogP) is 2.86. The molecule has 0 aliphatic rings. The summed E-state index contributed by atoms with van der Waals surface area (Å²) in [6.07, 6.45) is -2.57. The second kappa shape index (κ2) is 4.81. The van der Waals surface area contributed by atoms with Gasteiger partial charge in [-0.3, -0.25) is 0 Å². The molecule has 1 aromatic carbocycles. The van der Waals surface area contributed by atoms with Crippen molar-refractivity contribution in [1.82, 2.24) is 4.98 Å². The molecule has 0 atom stereocenters. The van der Waals surface area contributed by atoms with Crippen molar-refractivity contribution in [3.05, 3.63) is 42.0 Å². The van der Waals surface area contributed by atoms with Gasteiger partial charge in [0.15, 0.2) is 5.89 Å². The van der Waals surface area contributed by atoms with Crippen LogP contribution in [0, 0.1) is 0 Å². The van der Waals surface area contributed by atoms with E-state index in [9.17, 15) is 13.2 Å². The first kappa shape index (κ1) is 12.6. The maximum Gasteiger partial charge on any atom is 0.416 e. The molecule has 0 amide bonds. The van der Waals surface area contributed by atoms with Crippen LogP contribution in [0.3, 0.4) is 0 Å². The van der Waals surface area contributed by atoms with Gasteiger partial charge >= 0.3 is 6.18 Å². The molecule has 6 heteroatoms. The standard InChI is InChI=1S/C12H11F3N2O/c13-12(14,15)9-3-1-2-8(6-9)10-7-18-11(17-10)4-5-16/h1-3,6-7H,4-5,16H2.